The molecule has 0 saturated carbocycles. The van der Waals surface area contributed by atoms with E-state index in [1.807, 2.05) is 13.0 Å². The Morgan fingerprint density at radius 1 is 0.939 bits per heavy atom. The predicted octanol–water partition coefficient (Wildman–Crippen LogP) is 4.55. The summed E-state index contributed by atoms with van der Waals surface area (Å²) in [6.07, 6.45) is 0.783. The summed E-state index contributed by atoms with van der Waals surface area (Å²) in [6, 6.07) is 13.1. The fourth-order valence-electron chi connectivity index (χ4n) is 3.67. The molecule has 0 aliphatic rings. The van der Waals surface area contributed by atoms with Crippen LogP contribution >= 0.6 is 0 Å². The first-order chi connectivity index (χ1) is 15.5. The monoisotopic (exact) mass is 456 g/mol. The van der Waals surface area contributed by atoms with Gasteiger partial charge in [0, 0.05) is 11.6 Å². The number of rotatable bonds is 11. The van der Waals surface area contributed by atoms with Gasteiger partial charge in [0.2, 0.25) is 0 Å². The van der Waals surface area contributed by atoms with Gasteiger partial charge in [-0.1, -0.05) is 37.3 Å². The van der Waals surface area contributed by atoms with Gasteiger partial charge in [0.15, 0.2) is 5.78 Å². The first kappa shape index (κ1) is 25.9. The molecule has 2 aromatic rings. The molecule has 0 bridgehead atoms. The fraction of sp³-hybridized carbons (Fsp3) is 0.423. The zero-order valence-electron chi connectivity index (χ0n) is 19.8. The number of aromatic hydroxyl groups is 1. The minimum Gasteiger partial charge on any atom is -0.507 e. The minimum atomic E-state index is -0.852. The lowest BCUT2D eigenvalue weighted by Crippen LogP contribution is -2.38. The van der Waals surface area contributed by atoms with Gasteiger partial charge in [0.25, 0.3) is 0 Å². The zero-order valence-corrected chi connectivity index (χ0v) is 19.8. The van der Waals surface area contributed by atoms with Gasteiger partial charge in [-0.3, -0.25) is 14.4 Å². The average molecular weight is 457 g/mol. The van der Waals surface area contributed by atoms with E-state index >= 15 is 0 Å². The molecule has 0 aliphatic carbocycles. The van der Waals surface area contributed by atoms with Crippen LogP contribution in [0.5, 0.6) is 11.5 Å². The molecule has 1 atom stereocenters. The van der Waals surface area contributed by atoms with E-state index in [1.54, 1.807) is 51.1 Å². The SMILES string of the molecule is CCC(C)(CC(C)(C)C(=O)OC)C(=O)OCCOc1ccc(C(=O)c2ccccc2)c(O)c1. The van der Waals surface area contributed by atoms with Crippen molar-refractivity contribution < 1.29 is 33.7 Å². The van der Waals surface area contributed by atoms with E-state index in [-0.39, 0.29) is 42.7 Å². The quantitative estimate of drug-likeness (QED) is 0.301. The lowest BCUT2D eigenvalue weighted by Gasteiger charge is -2.33. The molecule has 0 heterocycles. The van der Waals surface area contributed by atoms with Gasteiger partial charge >= 0.3 is 11.9 Å². The Kier molecular flexibility index (Phi) is 8.63. The summed E-state index contributed by atoms with van der Waals surface area (Å²) in [5.41, 5.74) is -1.03. The van der Waals surface area contributed by atoms with Crippen LogP contribution < -0.4 is 4.74 Å². The standard InChI is InChI=1S/C26H32O7/c1-6-26(4,17-25(2,3)23(29)31-5)24(30)33-15-14-32-19-12-13-20(21(27)16-19)22(28)18-10-8-7-9-11-18/h7-13,16,27H,6,14-15,17H2,1-5H3. The molecular formula is C26H32O7. The predicted molar refractivity (Wildman–Crippen MR) is 123 cm³/mol. The van der Waals surface area contributed by atoms with Crippen molar-refractivity contribution in [3.8, 4) is 11.5 Å². The topological polar surface area (TPSA) is 99.1 Å². The van der Waals surface area contributed by atoms with Crippen molar-refractivity contribution in [3.05, 3.63) is 59.7 Å². The van der Waals surface area contributed by atoms with Gasteiger partial charge in [-0.05, 0) is 45.7 Å². The van der Waals surface area contributed by atoms with Crippen molar-refractivity contribution in [2.24, 2.45) is 10.8 Å². The average Bonchev–Trinajstić information content (AvgIpc) is 2.80. The summed E-state index contributed by atoms with van der Waals surface area (Å²) in [6.45, 7) is 7.17. The maximum atomic E-state index is 12.7. The molecule has 0 fully saturated rings. The summed E-state index contributed by atoms with van der Waals surface area (Å²) in [7, 11) is 1.32. The summed E-state index contributed by atoms with van der Waals surface area (Å²) in [5.74, 6) is -0.938. The molecule has 1 unspecified atom stereocenters. The number of ketones is 1. The van der Waals surface area contributed by atoms with Crippen molar-refractivity contribution in [3.63, 3.8) is 0 Å². The Bertz CT molecular complexity index is 981. The number of hydrogen-bond acceptors (Lipinski definition) is 7. The van der Waals surface area contributed by atoms with E-state index in [1.165, 1.54) is 19.2 Å². The van der Waals surface area contributed by atoms with Gasteiger partial charge in [-0.25, -0.2) is 0 Å². The number of esters is 2. The number of benzene rings is 2. The lowest BCUT2D eigenvalue weighted by molar-refractivity contribution is -0.162. The van der Waals surface area contributed by atoms with Crippen molar-refractivity contribution in [1.82, 2.24) is 0 Å². The molecule has 2 aromatic carbocycles. The number of phenolic OH excluding ortho intramolecular Hbond substituents is 1. The first-order valence-corrected chi connectivity index (χ1v) is 10.9. The van der Waals surface area contributed by atoms with Gasteiger partial charge < -0.3 is 19.3 Å². The van der Waals surface area contributed by atoms with E-state index in [0.29, 0.717) is 17.7 Å². The molecule has 0 spiro atoms. The van der Waals surface area contributed by atoms with Crippen molar-refractivity contribution in [2.75, 3.05) is 20.3 Å². The first-order valence-electron chi connectivity index (χ1n) is 10.9. The molecule has 178 valence electrons. The van der Waals surface area contributed by atoms with Crippen LogP contribution in [0, 0.1) is 10.8 Å². The van der Waals surface area contributed by atoms with Crippen LogP contribution in [0.15, 0.2) is 48.5 Å². The molecule has 0 aromatic heterocycles. The maximum Gasteiger partial charge on any atom is 0.311 e. The van der Waals surface area contributed by atoms with E-state index in [9.17, 15) is 19.5 Å². The van der Waals surface area contributed by atoms with Crippen LogP contribution in [0.1, 0.15) is 56.5 Å². The third-order valence-electron chi connectivity index (χ3n) is 5.68. The summed E-state index contributed by atoms with van der Waals surface area (Å²) in [5, 5.41) is 10.3. The van der Waals surface area contributed by atoms with E-state index in [0.717, 1.165) is 0 Å². The molecule has 0 amide bonds. The van der Waals surface area contributed by atoms with Gasteiger partial charge in [0.05, 0.1) is 23.5 Å². The van der Waals surface area contributed by atoms with Crippen LogP contribution in [0.3, 0.4) is 0 Å². The third kappa shape index (κ3) is 6.57. The highest BCUT2D eigenvalue weighted by Crippen LogP contribution is 2.38. The molecule has 0 saturated heterocycles. The second kappa shape index (κ2) is 11.0. The van der Waals surface area contributed by atoms with Crippen LogP contribution in [0.2, 0.25) is 0 Å². The maximum absolute atomic E-state index is 12.7. The number of ether oxygens (including phenoxy) is 3. The number of phenols is 1. The molecular weight excluding hydrogens is 424 g/mol. The Morgan fingerprint density at radius 3 is 2.18 bits per heavy atom. The number of carbonyl (C=O) groups excluding carboxylic acids is 3. The third-order valence-corrected chi connectivity index (χ3v) is 5.68. The van der Waals surface area contributed by atoms with Crippen molar-refractivity contribution in [1.29, 1.82) is 0 Å². The number of methoxy groups -OCH3 is 1. The van der Waals surface area contributed by atoms with E-state index in [4.69, 9.17) is 14.2 Å². The largest absolute Gasteiger partial charge is 0.507 e. The molecule has 2 rings (SSSR count). The lowest BCUT2D eigenvalue weighted by atomic mass is 9.72. The van der Waals surface area contributed by atoms with Gasteiger partial charge in [-0.2, -0.15) is 0 Å². The van der Waals surface area contributed by atoms with Crippen LogP contribution in [0.4, 0.5) is 0 Å². The highest BCUT2D eigenvalue weighted by molar-refractivity contribution is 6.10. The van der Waals surface area contributed by atoms with Crippen LogP contribution in [-0.2, 0) is 19.1 Å². The highest BCUT2D eigenvalue weighted by atomic mass is 16.6. The van der Waals surface area contributed by atoms with E-state index < -0.39 is 16.8 Å². The molecule has 7 nitrogen and oxygen atoms in total. The Hall–Kier alpha value is -3.35. The zero-order chi connectivity index (χ0) is 24.6. The molecule has 0 radical (unpaired) electrons. The Labute approximate surface area is 194 Å². The summed E-state index contributed by atoms with van der Waals surface area (Å²) >= 11 is 0. The number of hydrogen-bond donors (Lipinski definition) is 1. The van der Waals surface area contributed by atoms with Crippen LogP contribution in [-0.4, -0.2) is 43.2 Å². The Balaban J connectivity index is 1.92. The van der Waals surface area contributed by atoms with Crippen molar-refractivity contribution >= 4 is 17.7 Å². The molecule has 33 heavy (non-hydrogen) atoms. The molecule has 0 aliphatic heterocycles. The minimum absolute atomic E-state index is 0.00145. The van der Waals surface area contributed by atoms with Crippen LogP contribution in [0.25, 0.3) is 0 Å². The summed E-state index contributed by atoms with van der Waals surface area (Å²) in [4.78, 5) is 37.2. The normalized spacial score (nSPS) is 13.0. The van der Waals surface area contributed by atoms with Crippen molar-refractivity contribution in [2.45, 2.75) is 40.5 Å². The molecule has 1 N–H and O–H groups in total. The summed E-state index contributed by atoms with van der Waals surface area (Å²) < 4.78 is 15.8. The van der Waals surface area contributed by atoms with E-state index in [2.05, 4.69) is 0 Å². The van der Waals surface area contributed by atoms with Gasteiger partial charge in [0.1, 0.15) is 24.7 Å². The second-order valence-corrected chi connectivity index (χ2v) is 8.82. The second-order valence-electron chi connectivity index (χ2n) is 8.82. The van der Waals surface area contributed by atoms with Gasteiger partial charge in [-0.15, -0.1) is 0 Å². The molecule has 7 heteroatoms. The highest BCUT2D eigenvalue weighted by Gasteiger charge is 2.42. The number of carbonyl (C=O) groups is 3. The fourth-order valence-corrected chi connectivity index (χ4v) is 3.67. The Morgan fingerprint density at radius 2 is 1.61 bits per heavy atom. The smallest absolute Gasteiger partial charge is 0.311 e.